The van der Waals surface area contributed by atoms with Gasteiger partial charge in [-0.25, -0.2) is 4.98 Å². The van der Waals surface area contributed by atoms with E-state index in [9.17, 15) is 0 Å². The second kappa shape index (κ2) is 3.73. The molecule has 4 nitrogen and oxygen atoms in total. The second-order valence-electron chi connectivity index (χ2n) is 4.69. The van der Waals surface area contributed by atoms with E-state index in [0.717, 1.165) is 28.4 Å². The quantitative estimate of drug-likeness (QED) is 0.597. The number of nitrogens with zero attached hydrogens (tertiary/aromatic N) is 3. The fourth-order valence-electron chi connectivity index (χ4n) is 2.43. The monoisotopic (exact) mass is 239 g/mol. The van der Waals surface area contributed by atoms with E-state index < -0.39 is 0 Å². The number of hydrogen-bond donors (Lipinski definition) is 0. The SMILES string of the molecule is Bc1cn(C)c2nc(-c3c(C)noc3C)ccc12. The Morgan fingerprint density at radius 3 is 2.72 bits per heavy atom. The van der Waals surface area contributed by atoms with Gasteiger partial charge in [-0.1, -0.05) is 10.6 Å². The fourth-order valence-corrected chi connectivity index (χ4v) is 2.43. The Morgan fingerprint density at radius 1 is 1.28 bits per heavy atom. The van der Waals surface area contributed by atoms with Gasteiger partial charge in [-0.15, -0.1) is 0 Å². The van der Waals surface area contributed by atoms with Crippen LogP contribution in [0.2, 0.25) is 0 Å². The zero-order chi connectivity index (χ0) is 12.9. The molecule has 0 amide bonds. The minimum Gasteiger partial charge on any atom is -0.361 e. The molecule has 3 aromatic heterocycles. The molecule has 0 saturated heterocycles. The van der Waals surface area contributed by atoms with Crippen LogP contribution in [-0.2, 0) is 7.05 Å². The molecule has 0 N–H and O–H groups in total. The van der Waals surface area contributed by atoms with Crippen LogP contribution in [0, 0.1) is 13.8 Å². The van der Waals surface area contributed by atoms with Gasteiger partial charge in [-0.3, -0.25) is 0 Å². The maximum Gasteiger partial charge on any atom is 0.143 e. The lowest BCUT2D eigenvalue weighted by Gasteiger charge is -2.01. The predicted molar refractivity (Wildman–Crippen MR) is 73.9 cm³/mol. The topological polar surface area (TPSA) is 43.9 Å². The average molecular weight is 239 g/mol. The van der Waals surface area contributed by atoms with Gasteiger partial charge in [-0.2, -0.15) is 0 Å². The molecule has 0 fully saturated rings. The van der Waals surface area contributed by atoms with Crippen LogP contribution in [0.3, 0.4) is 0 Å². The molecule has 0 saturated carbocycles. The number of rotatable bonds is 1. The van der Waals surface area contributed by atoms with Gasteiger partial charge in [-0.05, 0) is 32.2 Å². The fraction of sp³-hybridized carbons (Fsp3) is 0.231. The molecule has 90 valence electrons. The highest BCUT2D eigenvalue weighted by Gasteiger charge is 2.14. The molecule has 0 aromatic carbocycles. The number of hydrogen-bond acceptors (Lipinski definition) is 3. The van der Waals surface area contributed by atoms with Crippen molar-refractivity contribution in [3.63, 3.8) is 0 Å². The Bertz CT molecular complexity index is 723. The zero-order valence-electron chi connectivity index (χ0n) is 11.0. The lowest BCUT2D eigenvalue weighted by Crippen LogP contribution is -1.97. The van der Waals surface area contributed by atoms with Crippen molar-refractivity contribution in [2.75, 3.05) is 0 Å². The van der Waals surface area contributed by atoms with Gasteiger partial charge >= 0.3 is 0 Å². The first-order valence-electron chi connectivity index (χ1n) is 5.94. The molecule has 0 radical (unpaired) electrons. The molecule has 0 spiro atoms. The number of aryl methyl sites for hydroxylation is 3. The summed E-state index contributed by atoms with van der Waals surface area (Å²) in [7, 11) is 4.11. The lowest BCUT2D eigenvalue weighted by molar-refractivity contribution is 0.393. The zero-order valence-corrected chi connectivity index (χ0v) is 11.0. The predicted octanol–water partition coefficient (Wildman–Crippen LogP) is 1.10. The molecule has 18 heavy (non-hydrogen) atoms. The number of fused-ring (bicyclic) bond motifs is 1. The molecule has 0 aliphatic heterocycles. The van der Waals surface area contributed by atoms with Gasteiger partial charge in [0, 0.05) is 12.4 Å². The van der Waals surface area contributed by atoms with Crippen molar-refractivity contribution in [2.45, 2.75) is 13.8 Å². The van der Waals surface area contributed by atoms with Crippen molar-refractivity contribution < 1.29 is 4.52 Å². The van der Waals surface area contributed by atoms with E-state index in [1.165, 1.54) is 10.8 Å². The molecule has 0 aliphatic carbocycles. The lowest BCUT2D eigenvalue weighted by atomic mass is 9.96. The summed E-state index contributed by atoms with van der Waals surface area (Å²) in [5.74, 6) is 0.810. The second-order valence-corrected chi connectivity index (χ2v) is 4.69. The molecular formula is C13H14BN3O. The van der Waals surface area contributed by atoms with Gasteiger partial charge in [0.15, 0.2) is 0 Å². The van der Waals surface area contributed by atoms with E-state index in [0.29, 0.717) is 0 Å². The molecule has 3 rings (SSSR count). The Morgan fingerprint density at radius 2 is 2.06 bits per heavy atom. The molecule has 3 aromatic rings. The maximum atomic E-state index is 5.20. The minimum absolute atomic E-state index is 0.810. The maximum absolute atomic E-state index is 5.20. The summed E-state index contributed by atoms with van der Waals surface area (Å²) in [6.45, 7) is 3.85. The average Bonchev–Trinajstić information content (AvgIpc) is 2.81. The van der Waals surface area contributed by atoms with Crippen LogP contribution in [0.4, 0.5) is 0 Å². The summed E-state index contributed by atoms with van der Waals surface area (Å²) in [5, 5.41) is 5.17. The third-order valence-corrected chi connectivity index (χ3v) is 3.31. The number of aromatic nitrogens is 3. The van der Waals surface area contributed by atoms with Crippen molar-refractivity contribution in [3.05, 3.63) is 29.8 Å². The van der Waals surface area contributed by atoms with Crippen LogP contribution in [0.1, 0.15) is 11.5 Å². The first-order chi connectivity index (χ1) is 8.58. The van der Waals surface area contributed by atoms with Crippen LogP contribution in [0.15, 0.2) is 22.9 Å². The van der Waals surface area contributed by atoms with Crippen molar-refractivity contribution in [1.82, 2.24) is 14.7 Å². The van der Waals surface area contributed by atoms with Gasteiger partial charge in [0.25, 0.3) is 0 Å². The number of pyridine rings is 1. The standard InChI is InChI=1S/C13H14BN3O/c1-7-12(8(2)18-16-7)11-5-4-9-10(14)6-17(3)13(9)15-11/h4-6H,14H2,1-3H3. The van der Waals surface area contributed by atoms with Gasteiger partial charge in [0.2, 0.25) is 0 Å². The summed E-state index contributed by atoms with van der Waals surface area (Å²) < 4.78 is 7.25. The smallest absolute Gasteiger partial charge is 0.143 e. The van der Waals surface area contributed by atoms with E-state index in [4.69, 9.17) is 9.51 Å². The van der Waals surface area contributed by atoms with Crippen LogP contribution in [0.25, 0.3) is 22.3 Å². The Hall–Kier alpha value is -2.04. The highest BCUT2D eigenvalue weighted by atomic mass is 16.5. The normalized spacial score (nSPS) is 11.3. The highest BCUT2D eigenvalue weighted by molar-refractivity contribution is 6.38. The van der Waals surface area contributed by atoms with Crippen molar-refractivity contribution >= 4 is 24.3 Å². The Labute approximate surface area is 106 Å². The summed E-state index contributed by atoms with van der Waals surface area (Å²) in [4.78, 5) is 4.72. The highest BCUT2D eigenvalue weighted by Crippen LogP contribution is 2.26. The molecule has 0 aliphatic rings. The van der Waals surface area contributed by atoms with Crippen molar-refractivity contribution in [1.29, 1.82) is 0 Å². The van der Waals surface area contributed by atoms with Crippen LogP contribution >= 0.6 is 0 Å². The summed E-state index contributed by atoms with van der Waals surface area (Å²) in [6, 6.07) is 4.14. The summed E-state index contributed by atoms with van der Waals surface area (Å²) >= 11 is 0. The van der Waals surface area contributed by atoms with E-state index in [1.54, 1.807) is 0 Å². The molecule has 3 heterocycles. The minimum atomic E-state index is 0.810. The first-order valence-corrected chi connectivity index (χ1v) is 5.94. The van der Waals surface area contributed by atoms with Crippen LogP contribution in [-0.4, -0.2) is 22.6 Å². The Balaban J connectivity index is 2.29. The molecule has 5 heteroatoms. The molecule has 0 bridgehead atoms. The molecular weight excluding hydrogens is 225 g/mol. The van der Waals surface area contributed by atoms with Crippen LogP contribution in [0.5, 0.6) is 0 Å². The summed E-state index contributed by atoms with van der Waals surface area (Å²) in [6.07, 6.45) is 2.09. The van der Waals surface area contributed by atoms with Gasteiger partial charge in [0.05, 0.1) is 17.0 Å². The van der Waals surface area contributed by atoms with E-state index in [-0.39, 0.29) is 0 Å². The first kappa shape index (κ1) is 11.1. The molecule has 0 atom stereocenters. The van der Waals surface area contributed by atoms with E-state index in [1.807, 2.05) is 31.5 Å². The third-order valence-electron chi connectivity index (χ3n) is 3.31. The van der Waals surface area contributed by atoms with Gasteiger partial charge in [0.1, 0.15) is 19.3 Å². The van der Waals surface area contributed by atoms with Crippen molar-refractivity contribution in [2.24, 2.45) is 7.05 Å². The van der Waals surface area contributed by atoms with Crippen LogP contribution < -0.4 is 5.46 Å². The van der Waals surface area contributed by atoms with E-state index >= 15 is 0 Å². The largest absolute Gasteiger partial charge is 0.361 e. The van der Waals surface area contributed by atoms with Gasteiger partial charge < -0.3 is 9.09 Å². The third kappa shape index (κ3) is 1.47. The van der Waals surface area contributed by atoms with Crippen molar-refractivity contribution in [3.8, 4) is 11.3 Å². The molecule has 0 unspecified atom stereocenters. The Kier molecular flexibility index (Phi) is 2.30. The van der Waals surface area contributed by atoms with E-state index in [2.05, 4.69) is 25.3 Å². The summed E-state index contributed by atoms with van der Waals surface area (Å²) in [5.41, 5.74) is 5.02.